The zero-order valence-electron chi connectivity index (χ0n) is 21.2. The Bertz CT molecular complexity index is 1370. The molecular weight excluding hydrogens is 479 g/mol. The van der Waals surface area contributed by atoms with Crippen LogP contribution in [0.4, 0.5) is 0 Å². The number of carboxylic acids is 1. The molecule has 0 amide bonds. The quantitative estimate of drug-likeness (QED) is 0.379. The van der Waals surface area contributed by atoms with Gasteiger partial charge in [-0.05, 0) is 101 Å². The minimum absolute atomic E-state index is 0.0230. The number of hydrogen-bond donors (Lipinski definition) is 3. The Labute approximate surface area is 211 Å². The molecule has 7 nitrogen and oxygen atoms in total. The van der Waals surface area contributed by atoms with E-state index in [4.69, 9.17) is 4.52 Å². The monoisotopic (exact) mass is 510 g/mol. The molecule has 0 bridgehead atoms. The molecule has 0 aliphatic heterocycles. The highest BCUT2D eigenvalue weighted by molar-refractivity contribution is 7.46. The molecule has 0 spiro atoms. The van der Waals surface area contributed by atoms with Crippen LogP contribution in [-0.4, -0.2) is 26.6 Å². The number of ketones is 1. The van der Waals surface area contributed by atoms with Gasteiger partial charge in [0.05, 0.1) is 5.56 Å². The van der Waals surface area contributed by atoms with Gasteiger partial charge in [0.15, 0.2) is 5.78 Å². The zero-order valence-corrected chi connectivity index (χ0v) is 22.1. The molecule has 2 aromatic rings. The topological polar surface area (TPSA) is 121 Å². The lowest BCUT2D eigenvalue weighted by Crippen LogP contribution is -2.14. The molecule has 0 radical (unpaired) electrons. The average Bonchev–Trinajstić information content (AvgIpc) is 2.74. The van der Waals surface area contributed by atoms with Crippen molar-refractivity contribution in [1.82, 2.24) is 0 Å². The van der Waals surface area contributed by atoms with E-state index >= 15 is 0 Å². The lowest BCUT2D eigenvalue weighted by atomic mass is 9.75. The standard InChI is InChI=1S/C28H31O7P/c1-15(2)23-13-19(29)11-17(5)25(23)27(21-9-7-8-10-22(21)28(30)31)26-18(6)12-20(35-36(32,33)34)14-24(26)16(3)4/h7-16H,1-6H3,(H,30,31)(H2,32,33,34). The molecule has 0 heterocycles. The molecule has 0 fully saturated rings. The fraction of sp³-hybridized carbons (Fsp3) is 0.286. The van der Waals surface area contributed by atoms with E-state index in [0.717, 1.165) is 22.3 Å². The first kappa shape index (κ1) is 27.3. The van der Waals surface area contributed by atoms with E-state index in [1.807, 2.05) is 34.6 Å². The van der Waals surface area contributed by atoms with Gasteiger partial charge in [0.1, 0.15) is 5.75 Å². The van der Waals surface area contributed by atoms with Gasteiger partial charge in [-0.25, -0.2) is 9.36 Å². The van der Waals surface area contributed by atoms with Gasteiger partial charge in [0.25, 0.3) is 0 Å². The summed E-state index contributed by atoms with van der Waals surface area (Å²) in [5.41, 5.74) is 5.64. The molecule has 3 rings (SSSR count). The van der Waals surface area contributed by atoms with Crippen molar-refractivity contribution in [2.24, 2.45) is 5.92 Å². The smallest absolute Gasteiger partial charge is 0.478 e. The van der Waals surface area contributed by atoms with Crippen molar-refractivity contribution in [3.63, 3.8) is 0 Å². The molecule has 0 saturated carbocycles. The summed E-state index contributed by atoms with van der Waals surface area (Å²) in [6.07, 6.45) is 3.13. The first-order valence-corrected chi connectivity index (χ1v) is 13.2. The van der Waals surface area contributed by atoms with Gasteiger partial charge in [-0.3, -0.25) is 14.6 Å². The fourth-order valence-corrected chi connectivity index (χ4v) is 5.01. The van der Waals surface area contributed by atoms with Crippen LogP contribution in [0.25, 0.3) is 5.57 Å². The highest BCUT2D eigenvalue weighted by Crippen LogP contribution is 2.46. The number of phosphoric ester groups is 1. The minimum Gasteiger partial charge on any atom is -0.478 e. The number of aromatic carboxylic acids is 1. The maximum atomic E-state index is 12.5. The van der Waals surface area contributed by atoms with Gasteiger partial charge >= 0.3 is 13.8 Å². The molecule has 2 aromatic carbocycles. The molecule has 190 valence electrons. The van der Waals surface area contributed by atoms with Crippen LogP contribution in [0.2, 0.25) is 0 Å². The molecule has 1 aliphatic rings. The van der Waals surface area contributed by atoms with Crippen LogP contribution in [-0.2, 0) is 9.36 Å². The second-order valence-electron chi connectivity index (χ2n) is 9.53. The SMILES string of the molecule is CC1=CC(=O)C=C(C(C)C)C1=C(c1ccccc1C(=O)O)c1c(C)cc(OP(=O)(O)O)cc1C(C)C. The van der Waals surface area contributed by atoms with E-state index in [1.54, 1.807) is 49.4 Å². The third-order valence-electron chi connectivity index (χ3n) is 6.07. The van der Waals surface area contributed by atoms with E-state index in [1.165, 1.54) is 6.07 Å². The van der Waals surface area contributed by atoms with Gasteiger partial charge in [0.2, 0.25) is 0 Å². The van der Waals surface area contributed by atoms with Crippen LogP contribution in [0, 0.1) is 12.8 Å². The Kier molecular flexibility index (Phi) is 7.89. The van der Waals surface area contributed by atoms with Crippen LogP contribution in [0.5, 0.6) is 5.75 Å². The number of carboxylic acid groups (broad SMARTS) is 1. The number of rotatable bonds is 7. The Hall–Kier alpha value is -3.25. The van der Waals surface area contributed by atoms with E-state index in [2.05, 4.69) is 0 Å². The number of carbonyl (C=O) groups is 2. The highest BCUT2D eigenvalue weighted by atomic mass is 31.2. The summed E-state index contributed by atoms with van der Waals surface area (Å²) in [6.45, 7) is 11.5. The number of allylic oxidation sites excluding steroid dienone is 5. The van der Waals surface area contributed by atoms with Gasteiger partial charge < -0.3 is 9.63 Å². The van der Waals surface area contributed by atoms with Crippen molar-refractivity contribution < 1.29 is 33.6 Å². The van der Waals surface area contributed by atoms with Crippen molar-refractivity contribution in [2.45, 2.75) is 47.5 Å². The van der Waals surface area contributed by atoms with Gasteiger partial charge in [-0.15, -0.1) is 0 Å². The molecule has 0 unspecified atom stereocenters. The van der Waals surface area contributed by atoms with Crippen molar-refractivity contribution in [3.05, 3.63) is 93.1 Å². The number of phosphoric acid groups is 1. The number of benzene rings is 2. The minimum atomic E-state index is -4.79. The molecule has 0 atom stereocenters. The summed E-state index contributed by atoms with van der Waals surface area (Å²) in [7, 11) is -4.79. The second kappa shape index (κ2) is 10.4. The van der Waals surface area contributed by atoms with E-state index in [0.29, 0.717) is 22.3 Å². The Balaban J connectivity index is 2.56. The Morgan fingerprint density at radius 1 is 0.944 bits per heavy atom. The van der Waals surface area contributed by atoms with Crippen LogP contribution >= 0.6 is 7.82 Å². The zero-order chi connectivity index (χ0) is 26.9. The summed E-state index contributed by atoms with van der Waals surface area (Å²) < 4.78 is 16.4. The van der Waals surface area contributed by atoms with Crippen molar-refractivity contribution in [1.29, 1.82) is 0 Å². The molecule has 36 heavy (non-hydrogen) atoms. The number of carbonyl (C=O) groups excluding carboxylic acids is 1. The predicted molar refractivity (Wildman–Crippen MR) is 139 cm³/mol. The summed E-state index contributed by atoms with van der Waals surface area (Å²) in [5, 5.41) is 10.0. The third kappa shape index (κ3) is 5.76. The second-order valence-corrected chi connectivity index (χ2v) is 10.7. The van der Waals surface area contributed by atoms with Gasteiger partial charge in [0, 0.05) is 0 Å². The van der Waals surface area contributed by atoms with Gasteiger partial charge in [-0.1, -0.05) is 45.9 Å². The summed E-state index contributed by atoms with van der Waals surface area (Å²) >= 11 is 0. The van der Waals surface area contributed by atoms with Crippen LogP contribution in [0.1, 0.15) is 73.1 Å². The number of hydrogen-bond acceptors (Lipinski definition) is 4. The summed E-state index contributed by atoms with van der Waals surface area (Å²) in [5.74, 6) is -1.32. The maximum absolute atomic E-state index is 12.5. The maximum Gasteiger partial charge on any atom is 0.524 e. The summed E-state index contributed by atoms with van der Waals surface area (Å²) in [6, 6.07) is 9.84. The summed E-state index contributed by atoms with van der Waals surface area (Å²) in [4.78, 5) is 43.5. The van der Waals surface area contributed by atoms with Crippen molar-refractivity contribution in [3.8, 4) is 5.75 Å². The lowest BCUT2D eigenvalue weighted by Gasteiger charge is -2.28. The predicted octanol–water partition coefficient (Wildman–Crippen LogP) is 6.20. The molecule has 0 aromatic heterocycles. The highest BCUT2D eigenvalue weighted by Gasteiger charge is 2.29. The normalized spacial score (nSPS) is 15.7. The van der Waals surface area contributed by atoms with Crippen molar-refractivity contribution in [2.75, 3.05) is 0 Å². The number of aryl methyl sites for hydroxylation is 1. The Morgan fingerprint density at radius 3 is 2.08 bits per heavy atom. The molecule has 0 saturated heterocycles. The molecule has 1 aliphatic carbocycles. The first-order chi connectivity index (χ1) is 16.7. The van der Waals surface area contributed by atoms with Gasteiger partial charge in [-0.2, -0.15) is 0 Å². The van der Waals surface area contributed by atoms with Crippen LogP contribution < -0.4 is 4.52 Å². The Morgan fingerprint density at radius 2 is 1.56 bits per heavy atom. The van der Waals surface area contributed by atoms with E-state index < -0.39 is 13.8 Å². The molecule has 3 N–H and O–H groups in total. The molecule has 8 heteroatoms. The first-order valence-electron chi connectivity index (χ1n) is 11.6. The largest absolute Gasteiger partial charge is 0.524 e. The average molecular weight is 511 g/mol. The third-order valence-corrected chi connectivity index (χ3v) is 6.52. The van der Waals surface area contributed by atoms with E-state index in [-0.39, 0.29) is 28.9 Å². The van der Waals surface area contributed by atoms with Crippen molar-refractivity contribution >= 4 is 25.1 Å². The fourth-order valence-electron chi connectivity index (χ4n) is 4.63. The van der Waals surface area contributed by atoms with E-state index in [9.17, 15) is 29.0 Å². The lowest BCUT2D eigenvalue weighted by molar-refractivity contribution is -0.110. The van der Waals surface area contributed by atoms with Crippen LogP contribution in [0.15, 0.2) is 65.3 Å². The molecular formula is C28H31O7P. The van der Waals surface area contributed by atoms with Crippen LogP contribution in [0.3, 0.4) is 0 Å².